The molecule has 1 nitrogen and oxygen atoms in total. The highest BCUT2D eigenvalue weighted by Crippen LogP contribution is 2.28. The second-order valence-corrected chi connectivity index (χ2v) is 1.68. The van der Waals surface area contributed by atoms with Crippen LogP contribution >= 0.6 is 0 Å². The van der Waals surface area contributed by atoms with Gasteiger partial charge in [0.1, 0.15) is 0 Å². The summed E-state index contributed by atoms with van der Waals surface area (Å²) in [6, 6.07) is 0. The van der Waals surface area contributed by atoms with Crippen LogP contribution in [0.3, 0.4) is 0 Å². The minimum absolute atomic E-state index is 0.845. The molecule has 0 N–H and O–H groups in total. The fraction of sp³-hybridized carbons (Fsp3) is 0.600. The maximum absolute atomic E-state index is 11.5. The lowest BCUT2D eigenvalue weighted by Crippen LogP contribution is -2.38. The van der Waals surface area contributed by atoms with Crippen molar-refractivity contribution in [3.8, 4) is 0 Å². The van der Waals surface area contributed by atoms with E-state index in [0.29, 0.717) is 0 Å². The second kappa shape index (κ2) is 3.18. The molecule has 0 aromatic heterocycles. The van der Waals surface area contributed by atoms with E-state index in [9.17, 15) is 26.3 Å². The van der Waals surface area contributed by atoms with Crippen LogP contribution in [-0.4, -0.2) is 24.3 Å². The van der Waals surface area contributed by atoms with Crippen molar-refractivity contribution >= 4 is 11.9 Å². The lowest BCUT2D eigenvalue weighted by Gasteiger charge is -2.09. The van der Waals surface area contributed by atoms with Crippen LogP contribution in [0.1, 0.15) is 6.92 Å². The fourth-order valence-electron chi connectivity index (χ4n) is 0.399. The van der Waals surface area contributed by atoms with Crippen molar-refractivity contribution < 1.29 is 26.3 Å². The first-order valence-electron chi connectivity index (χ1n) is 2.58. The molecule has 12 heavy (non-hydrogen) atoms. The maximum Gasteiger partial charge on any atom is 0.423 e. The van der Waals surface area contributed by atoms with E-state index in [2.05, 4.69) is 4.67 Å². The van der Waals surface area contributed by atoms with Gasteiger partial charge in [-0.1, -0.05) is 0 Å². The van der Waals surface area contributed by atoms with Gasteiger partial charge in [0.05, 0.1) is 0 Å². The van der Waals surface area contributed by atoms with Gasteiger partial charge in [-0.05, 0) is 6.92 Å². The summed E-state index contributed by atoms with van der Waals surface area (Å²) in [5.74, 6) is 0. The fourth-order valence-corrected chi connectivity index (χ4v) is 0.399. The molecule has 0 aliphatic heterocycles. The van der Waals surface area contributed by atoms with Crippen molar-refractivity contribution in [2.45, 2.75) is 19.3 Å². The highest BCUT2D eigenvalue weighted by atomic mass is 19.4. The third-order valence-electron chi connectivity index (χ3n) is 0.761. The van der Waals surface area contributed by atoms with Crippen LogP contribution in [0.5, 0.6) is 0 Å². The van der Waals surface area contributed by atoms with Crippen molar-refractivity contribution in [3.05, 3.63) is 0 Å². The van der Waals surface area contributed by atoms with Crippen molar-refractivity contribution in [2.24, 2.45) is 0 Å². The first-order chi connectivity index (χ1) is 5.19. The molecule has 0 aromatic rings. The molecule has 0 heterocycles. The zero-order chi connectivity index (χ0) is 9.99. The largest absolute Gasteiger partial charge is 0.423 e. The molecule has 0 atom stereocenters. The summed E-state index contributed by atoms with van der Waals surface area (Å²) in [6.45, 7) is 0.845. The number of hydrogen-bond donors (Lipinski definition) is 0. The number of hydrogen-bond acceptors (Lipinski definition) is 0. The number of nitrogens with zero attached hydrogens (tertiary/aromatic N) is 1. The lowest BCUT2D eigenvalue weighted by atomic mass is 10.3. The molecular weight excluding hydrogens is 188 g/mol. The monoisotopic (exact) mass is 191 g/mol. The van der Waals surface area contributed by atoms with E-state index in [1.165, 1.54) is 6.21 Å². The molecule has 0 saturated heterocycles. The third-order valence-corrected chi connectivity index (χ3v) is 0.761. The summed E-state index contributed by atoms with van der Waals surface area (Å²) in [7, 11) is 0. The third kappa shape index (κ3) is 2.96. The summed E-state index contributed by atoms with van der Waals surface area (Å²) < 4.78 is 71.2. The van der Waals surface area contributed by atoms with Gasteiger partial charge in [-0.3, -0.25) is 4.67 Å². The lowest BCUT2D eigenvalue weighted by molar-refractivity contribution is -0.118. The summed E-state index contributed by atoms with van der Waals surface area (Å²) in [5.41, 5.74) is -2.79. The predicted octanol–water partition coefficient (Wildman–Crippen LogP) is 1.59. The summed E-state index contributed by atoms with van der Waals surface area (Å²) in [6.07, 6.45) is -9.54. The van der Waals surface area contributed by atoms with E-state index < -0.39 is 18.1 Å². The van der Waals surface area contributed by atoms with Gasteiger partial charge >= 0.3 is 18.1 Å². The van der Waals surface area contributed by atoms with Crippen molar-refractivity contribution in [3.63, 3.8) is 0 Å². The summed E-state index contributed by atoms with van der Waals surface area (Å²) >= 11 is 0. The Morgan fingerprint density at radius 3 is 1.42 bits per heavy atom. The van der Waals surface area contributed by atoms with E-state index in [-0.39, 0.29) is 0 Å². The molecule has 0 radical (unpaired) electrons. The number of alkyl halides is 6. The standard InChI is InChI=1S/C5H3F6N/c1-2-12-3(4(6,7)8)5(9,10)11/h1H3. The van der Waals surface area contributed by atoms with Crippen LogP contribution in [0.25, 0.3) is 0 Å². The Bertz CT molecular complexity index is 199. The van der Waals surface area contributed by atoms with Gasteiger partial charge in [0.15, 0.2) is 6.21 Å². The minimum atomic E-state index is -5.48. The van der Waals surface area contributed by atoms with E-state index >= 15 is 0 Å². The van der Waals surface area contributed by atoms with Gasteiger partial charge in [-0.25, -0.2) is 0 Å². The van der Waals surface area contributed by atoms with Crippen LogP contribution < -0.4 is 4.67 Å². The topological polar surface area (TPSA) is 14.1 Å². The number of halogens is 6. The van der Waals surface area contributed by atoms with Crippen molar-refractivity contribution in [2.75, 3.05) is 0 Å². The molecular formula is C5H3F6N. The van der Waals surface area contributed by atoms with Crippen LogP contribution in [0.15, 0.2) is 0 Å². The molecule has 0 bridgehead atoms. The Kier molecular flexibility index (Phi) is 2.93. The highest BCUT2D eigenvalue weighted by Gasteiger charge is 2.54. The Balaban J connectivity index is 5.12. The number of rotatable bonds is 0. The first kappa shape index (κ1) is 11.0. The Morgan fingerprint density at radius 2 is 1.33 bits per heavy atom. The quantitative estimate of drug-likeness (QED) is 0.239. The Morgan fingerprint density at radius 1 is 1.00 bits per heavy atom. The molecule has 0 saturated carbocycles. The van der Waals surface area contributed by atoms with E-state index in [4.69, 9.17) is 0 Å². The summed E-state index contributed by atoms with van der Waals surface area (Å²) in [4.78, 5) is 0. The van der Waals surface area contributed by atoms with Crippen LogP contribution in [-0.2, 0) is 0 Å². The first-order valence-corrected chi connectivity index (χ1v) is 2.58. The molecule has 0 aromatic carbocycles. The van der Waals surface area contributed by atoms with Gasteiger partial charge in [-0.2, -0.15) is 26.3 Å². The van der Waals surface area contributed by atoms with E-state index in [1.807, 2.05) is 0 Å². The SMILES string of the molecule is C[C-]=[N+]=C(C(F)(F)F)C(F)(F)F. The van der Waals surface area contributed by atoms with Crippen molar-refractivity contribution in [1.29, 1.82) is 0 Å². The van der Waals surface area contributed by atoms with Gasteiger partial charge in [0.2, 0.25) is 0 Å². The van der Waals surface area contributed by atoms with Gasteiger partial charge in [0, 0.05) is 0 Å². The molecule has 0 aliphatic rings. The molecule has 0 fully saturated rings. The Hall–Kier alpha value is -0.970. The van der Waals surface area contributed by atoms with Crippen molar-refractivity contribution in [1.82, 2.24) is 4.67 Å². The predicted molar refractivity (Wildman–Crippen MR) is 29.9 cm³/mol. The zero-order valence-corrected chi connectivity index (χ0v) is 5.72. The molecule has 0 aliphatic carbocycles. The molecule has 70 valence electrons. The van der Waals surface area contributed by atoms with Gasteiger partial charge in [0.25, 0.3) is 0 Å². The average molecular weight is 191 g/mol. The molecule has 0 rings (SSSR count). The second-order valence-electron chi connectivity index (χ2n) is 1.68. The molecule has 0 amide bonds. The van der Waals surface area contributed by atoms with Gasteiger partial charge < -0.3 is 0 Å². The van der Waals surface area contributed by atoms with Crippen LogP contribution in [0.2, 0.25) is 0 Å². The summed E-state index contributed by atoms with van der Waals surface area (Å²) in [5, 5.41) is 0. The average Bonchev–Trinajstić information content (AvgIpc) is 1.77. The maximum atomic E-state index is 11.5. The Labute approximate surface area is 63.4 Å². The van der Waals surface area contributed by atoms with Gasteiger partial charge in [-0.15, -0.1) is 0 Å². The van der Waals surface area contributed by atoms with E-state index in [1.54, 1.807) is 0 Å². The zero-order valence-electron chi connectivity index (χ0n) is 5.72. The van der Waals surface area contributed by atoms with Crippen LogP contribution in [0.4, 0.5) is 26.3 Å². The molecule has 0 unspecified atom stereocenters. The molecule has 7 heteroatoms. The van der Waals surface area contributed by atoms with E-state index in [0.717, 1.165) is 6.92 Å². The normalized spacial score (nSPS) is 12.2. The smallest absolute Gasteiger partial charge is 0.273 e. The molecule has 0 spiro atoms. The highest BCUT2D eigenvalue weighted by molar-refractivity contribution is 5.95. The van der Waals surface area contributed by atoms with Crippen LogP contribution in [0, 0.1) is 0 Å². The minimum Gasteiger partial charge on any atom is -0.273 e.